The van der Waals surface area contributed by atoms with Crippen molar-refractivity contribution in [3.63, 3.8) is 0 Å². The third-order valence-corrected chi connectivity index (χ3v) is 6.45. The number of hydrogen-bond donors (Lipinski definition) is 0. The van der Waals surface area contributed by atoms with E-state index in [0.717, 1.165) is 28.2 Å². The van der Waals surface area contributed by atoms with E-state index in [2.05, 4.69) is 4.99 Å². The maximum Gasteiger partial charge on any atom is 0.349 e. The number of benzene rings is 3. The standard InChI is InChI=1S/C25H18F2N2O4S/c1-2-32-10-9-29-22-19(27)11-15(26)12-21(22)34-25(29)28-23(30)18-13-17-16-6-4-3-5-14(16)7-8-20(17)33-24(18)31/h3-8,11-13H,2,9-10H2,1H3. The van der Waals surface area contributed by atoms with Gasteiger partial charge in [-0.05, 0) is 35.9 Å². The van der Waals surface area contributed by atoms with Crippen LogP contribution in [0, 0.1) is 11.6 Å². The quantitative estimate of drug-likeness (QED) is 0.201. The Bertz CT molecular complexity index is 1700. The molecule has 34 heavy (non-hydrogen) atoms. The number of nitrogens with zero attached hydrogens (tertiary/aromatic N) is 2. The number of ether oxygens (including phenoxy) is 1. The Balaban J connectivity index is 1.68. The molecule has 0 fully saturated rings. The van der Waals surface area contributed by atoms with Gasteiger partial charge >= 0.3 is 5.63 Å². The summed E-state index contributed by atoms with van der Waals surface area (Å²) in [5, 5.41) is 2.35. The third-order valence-electron chi connectivity index (χ3n) is 5.43. The smallest absolute Gasteiger partial charge is 0.349 e. The Morgan fingerprint density at radius 1 is 1.12 bits per heavy atom. The van der Waals surface area contributed by atoms with Crippen LogP contribution in [-0.2, 0) is 11.3 Å². The number of hydrogen-bond acceptors (Lipinski definition) is 5. The molecule has 0 aliphatic carbocycles. The SMILES string of the molecule is CCOCCn1c(=NC(=O)c2cc3c(ccc4ccccc43)oc2=O)sc2cc(F)cc(F)c21. The first-order valence-electron chi connectivity index (χ1n) is 10.6. The molecule has 0 spiro atoms. The van der Waals surface area contributed by atoms with Crippen LogP contribution in [0.5, 0.6) is 0 Å². The molecule has 0 saturated carbocycles. The summed E-state index contributed by atoms with van der Waals surface area (Å²) in [5.41, 5.74) is -0.597. The van der Waals surface area contributed by atoms with E-state index in [0.29, 0.717) is 17.6 Å². The van der Waals surface area contributed by atoms with Crippen molar-refractivity contribution in [1.29, 1.82) is 0 Å². The first-order chi connectivity index (χ1) is 16.5. The van der Waals surface area contributed by atoms with Crippen molar-refractivity contribution in [2.24, 2.45) is 4.99 Å². The molecular formula is C25H18F2N2O4S. The minimum atomic E-state index is -0.832. The Hall–Kier alpha value is -3.69. The summed E-state index contributed by atoms with van der Waals surface area (Å²) in [6, 6.07) is 14.5. The average Bonchev–Trinajstić information content (AvgIpc) is 3.15. The van der Waals surface area contributed by atoms with E-state index in [4.69, 9.17) is 9.15 Å². The topological polar surface area (TPSA) is 73.8 Å². The van der Waals surface area contributed by atoms with Crippen LogP contribution in [0.15, 0.2) is 68.8 Å². The van der Waals surface area contributed by atoms with Gasteiger partial charge in [0.15, 0.2) is 10.6 Å². The second-order valence-electron chi connectivity index (χ2n) is 7.53. The fourth-order valence-electron chi connectivity index (χ4n) is 3.89. The zero-order valence-electron chi connectivity index (χ0n) is 18.0. The molecular weight excluding hydrogens is 462 g/mol. The maximum atomic E-state index is 14.6. The van der Waals surface area contributed by atoms with Gasteiger partial charge in [0.2, 0.25) is 0 Å². The number of aromatic nitrogens is 1. The summed E-state index contributed by atoms with van der Waals surface area (Å²) in [6.07, 6.45) is 0. The fourth-order valence-corrected chi connectivity index (χ4v) is 4.98. The van der Waals surface area contributed by atoms with Crippen molar-refractivity contribution >= 4 is 49.2 Å². The highest BCUT2D eigenvalue weighted by Gasteiger charge is 2.17. The Labute approximate surface area is 195 Å². The second kappa shape index (κ2) is 8.92. The van der Waals surface area contributed by atoms with E-state index in [1.54, 1.807) is 6.07 Å². The molecule has 2 heterocycles. The van der Waals surface area contributed by atoms with Gasteiger partial charge in [0.25, 0.3) is 5.91 Å². The van der Waals surface area contributed by atoms with E-state index in [9.17, 15) is 18.4 Å². The van der Waals surface area contributed by atoms with Crippen molar-refractivity contribution in [2.45, 2.75) is 13.5 Å². The lowest BCUT2D eigenvalue weighted by atomic mass is 10.0. The summed E-state index contributed by atoms with van der Waals surface area (Å²) in [5.74, 6) is -2.34. The number of thiazole rings is 1. The summed E-state index contributed by atoms with van der Waals surface area (Å²) in [7, 11) is 0. The molecule has 3 aromatic carbocycles. The highest BCUT2D eigenvalue weighted by atomic mass is 32.1. The van der Waals surface area contributed by atoms with Gasteiger partial charge < -0.3 is 13.7 Å². The molecule has 0 aliphatic heterocycles. The van der Waals surface area contributed by atoms with Crippen LogP contribution in [0.25, 0.3) is 32.0 Å². The number of carbonyl (C=O) groups is 1. The molecule has 1 amide bonds. The van der Waals surface area contributed by atoms with Crippen LogP contribution < -0.4 is 10.4 Å². The van der Waals surface area contributed by atoms with Gasteiger partial charge in [-0.15, -0.1) is 0 Å². The van der Waals surface area contributed by atoms with E-state index >= 15 is 0 Å². The monoisotopic (exact) mass is 480 g/mol. The van der Waals surface area contributed by atoms with Crippen LogP contribution >= 0.6 is 11.3 Å². The molecule has 0 radical (unpaired) electrons. The number of rotatable bonds is 5. The molecule has 0 unspecified atom stereocenters. The lowest BCUT2D eigenvalue weighted by Crippen LogP contribution is -2.22. The minimum Gasteiger partial charge on any atom is -0.422 e. The van der Waals surface area contributed by atoms with Gasteiger partial charge in [0.05, 0.1) is 16.8 Å². The Morgan fingerprint density at radius 3 is 2.76 bits per heavy atom. The molecule has 6 nitrogen and oxygen atoms in total. The van der Waals surface area contributed by atoms with Gasteiger partial charge in [-0.2, -0.15) is 4.99 Å². The van der Waals surface area contributed by atoms with Crippen molar-refractivity contribution in [1.82, 2.24) is 4.57 Å². The lowest BCUT2D eigenvalue weighted by Gasteiger charge is -2.06. The highest BCUT2D eigenvalue weighted by molar-refractivity contribution is 7.16. The summed E-state index contributed by atoms with van der Waals surface area (Å²) >= 11 is 0.953. The van der Waals surface area contributed by atoms with Crippen LogP contribution in [-0.4, -0.2) is 23.7 Å². The van der Waals surface area contributed by atoms with Crippen molar-refractivity contribution < 1.29 is 22.7 Å². The predicted octanol–water partition coefficient (Wildman–Crippen LogP) is 5.02. The van der Waals surface area contributed by atoms with Crippen molar-refractivity contribution in [3.8, 4) is 0 Å². The lowest BCUT2D eigenvalue weighted by molar-refractivity contribution is 0.0993. The maximum absolute atomic E-state index is 14.6. The molecule has 9 heteroatoms. The molecule has 0 saturated heterocycles. The molecule has 0 aliphatic rings. The molecule has 0 N–H and O–H groups in total. The van der Waals surface area contributed by atoms with E-state index in [1.165, 1.54) is 16.7 Å². The van der Waals surface area contributed by atoms with Gasteiger partial charge in [-0.25, -0.2) is 13.6 Å². The number of amides is 1. The zero-order valence-corrected chi connectivity index (χ0v) is 18.8. The predicted molar refractivity (Wildman–Crippen MR) is 126 cm³/mol. The summed E-state index contributed by atoms with van der Waals surface area (Å²) < 4.78 is 40.9. The van der Waals surface area contributed by atoms with E-state index < -0.39 is 23.2 Å². The van der Waals surface area contributed by atoms with E-state index in [-0.39, 0.29) is 33.7 Å². The van der Waals surface area contributed by atoms with Gasteiger partial charge in [0.1, 0.15) is 17.0 Å². The molecule has 2 aromatic heterocycles. The van der Waals surface area contributed by atoms with Crippen molar-refractivity contribution in [2.75, 3.05) is 13.2 Å². The highest BCUT2D eigenvalue weighted by Crippen LogP contribution is 2.25. The first-order valence-corrected chi connectivity index (χ1v) is 11.4. The van der Waals surface area contributed by atoms with Crippen molar-refractivity contribution in [3.05, 3.63) is 87.0 Å². The fraction of sp³-hybridized carbons (Fsp3) is 0.160. The van der Waals surface area contributed by atoms with Gasteiger partial charge in [0, 0.05) is 24.6 Å². The molecule has 0 atom stereocenters. The van der Waals surface area contributed by atoms with Crippen LogP contribution in [0.4, 0.5) is 8.78 Å². The van der Waals surface area contributed by atoms with Gasteiger partial charge in [-0.1, -0.05) is 41.7 Å². The number of fused-ring (bicyclic) bond motifs is 4. The van der Waals surface area contributed by atoms with Crippen LogP contribution in [0.1, 0.15) is 17.3 Å². The zero-order chi connectivity index (χ0) is 23.8. The number of halogens is 2. The van der Waals surface area contributed by atoms with Crippen LogP contribution in [0.3, 0.4) is 0 Å². The number of carbonyl (C=O) groups excluding carboxylic acids is 1. The molecule has 5 aromatic rings. The molecule has 0 bridgehead atoms. The normalized spacial score (nSPS) is 12.3. The minimum absolute atomic E-state index is 0.120. The molecule has 172 valence electrons. The third kappa shape index (κ3) is 3.93. The van der Waals surface area contributed by atoms with Gasteiger partial charge in [-0.3, -0.25) is 4.79 Å². The van der Waals surface area contributed by atoms with Crippen LogP contribution in [0.2, 0.25) is 0 Å². The average molecular weight is 480 g/mol. The largest absolute Gasteiger partial charge is 0.422 e. The Morgan fingerprint density at radius 2 is 1.94 bits per heavy atom. The second-order valence-corrected chi connectivity index (χ2v) is 8.54. The first kappa shape index (κ1) is 22.1. The Kier molecular flexibility index (Phi) is 5.80. The van der Waals surface area contributed by atoms with E-state index in [1.807, 2.05) is 37.3 Å². The summed E-state index contributed by atoms with van der Waals surface area (Å²) in [6.45, 7) is 2.71. The summed E-state index contributed by atoms with van der Waals surface area (Å²) in [4.78, 5) is 29.9. The molecule has 5 rings (SSSR count).